The van der Waals surface area contributed by atoms with E-state index in [9.17, 15) is 13.2 Å². The van der Waals surface area contributed by atoms with Gasteiger partial charge < -0.3 is 11.1 Å². The lowest BCUT2D eigenvalue weighted by Crippen LogP contribution is -2.40. The second-order valence-corrected chi connectivity index (χ2v) is 5.96. The van der Waals surface area contributed by atoms with Crippen molar-refractivity contribution in [2.24, 2.45) is 0 Å². The van der Waals surface area contributed by atoms with Crippen molar-refractivity contribution in [3.8, 4) is 0 Å². The monoisotopic (exact) mass is 285 g/mol. The van der Waals surface area contributed by atoms with Crippen LogP contribution in [0.5, 0.6) is 0 Å². The van der Waals surface area contributed by atoms with Gasteiger partial charge in [0, 0.05) is 13.6 Å². The minimum atomic E-state index is -3.75. The van der Waals surface area contributed by atoms with E-state index in [-0.39, 0.29) is 29.6 Å². The summed E-state index contributed by atoms with van der Waals surface area (Å²) in [6, 6.07) is 6.23. The quantitative estimate of drug-likeness (QED) is 0.741. The molecule has 19 heavy (non-hydrogen) atoms. The topological polar surface area (TPSA) is 92.5 Å². The second-order valence-electron chi connectivity index (χ2n) is 4.05. The number of carbonyl (C=O) groups is 1. The van der Waals surface area contributed by atoms with Crippen molar-refractivity contribution in [1.82, 2.24) is 9.62 Å². The predicted octanol–water partition coefficient (Wildman–Crippen LogP) is 0.416. The molecule has 0 aliphatic carbocycles. The average molecular weight is 285 g/mol. The molecule has 0 bridgehead atoms. The summed E-state index contributed by atoms with van der Waals surface area (Å²) in [5, 5.41) is 2.42. The summed E-state index contributed by atoms with van der Waals surface area (Å²) >= 11 is 0. The summed E-state index contributed by atoms with van der Waals surface area (Å²) in [5.74, 6) is -0.355. The number of nitrogens with two attached hydrogens (primary N) is 1. The van der Waals surface area contributed by atoms with Crippen LogP contribution in [-0.4, -0.2) is 38.8 Å². The fraction of sp³-hybridized carbons (Fsp3) is 0.417. The Morgan fingerprint density at radius 2 is 2.00 bits per heavy atom. The maximum Gasteiger partial charge on any atom is 0.245 e. The van der Waals surface area contributed by atoms with Gasteiger partial charge in [-0.15, -0.1) is 0 Å². The average Bonchev–Trinajstić information content (AvgIpc) is 2.38. The van der Waals surface area contributed by atoms with Crippen LogP contribution in [0.3, 0.4) is 0 Å². The van der Waals surface area contributed by atoms with Gasteiger partial charge in [0.15, 0.2) is 0 Å². The van der Waals surface area contributed by atoms with Crippen LogP contribution in [0.25, 0.3) is 0 Å². The molecule has 0 aliphatic rings. The lowest BCUT2D eigenvalue weighted by atomic mass is 10.3. The lowest BCUT2D eigenvalue weighted by Gasteiger charge is -2.21. The molecular weight excluding hydrogens is 266 g/mol. The van der Waals surface area contributed by atoms with Gasteiger partial charge in [0.2, 0.25) is 15.9 Å². The van der Waals surface area contributed by atoms with Crippen molar-refractivity contribution in [2.45, 2.75) is 18.2 Å². The van der Waals surface area contributed by atoms with E-state index in [0.717, 1.165) is 4.31 Å². The standard InChI is InChI=1S/C12H19N3O3S/c1-3-8-15(9-12(16)14-2)19(17,18)11-7-5-4-6-10(11)13/h4-7H,3,8-9,13H2,1-2H3,(H,14,16). The molecule has 0 saturated carbocycles. The molecule has 0 atom stereocenters. The largest absolute Gasteiger partial charge is 0.398 e. The van der Waals surface area contributed by atoms with Gasteiger partial charge in [-0.25, -0.2) is 8.42 Å². The molecule has 0 unspecified atom stereocenters. The number of anilines is 1. The summed E-state index contributed by atoms with van der Waals surface area (Å²) < 4.78 is 26.1. The number of likely N-dealkylation sites (N-methyl/N-ethyl adjacent to an activating group) is 1. The molecule has 0 heterocycles. The molecule has 106 valence electrons. The Bertz CT molecular complexity index is 543. The molecule has 0 saturated heterocycles. The van der Waals surface area contributed by atoms with Crippen LogP contribution in [0.4, 0.5) is 5.69 Å². The molecular formula is C12H19N3O3S. The van der Waals surface area contributed by atoms with E-state index >= 15 is 0 Å². The Morgan fingerprint density at radius 3 is 2.53 bits per heavy atom. The number of carbonyl (C=O) groups excluding carboxylic acids is 1. The number of hydrogen-bond acceptors (Lipinski definition) is 4. The van der Waals surface area contributed by atoms with Crippen LogP contribution in [-0.2, 0) is 14.8 Å². The normalized spacial score (nSPS) is 11.5. The van der Waals surface area contributed by atoms with Gasteiger partial charge in [-0.3, -0.25) is 4.79 Å². The molecule has 3 N–H and O–H groups in total. The third-order valence-electron chi connectivity index (χ3n) is 2.61. The molecule has 1 aromatic carbocycles. The van der Waals surface area contributed by atoms with E-state index in [4.69, 9.17) is 5.73 Å². The minimum absolute atomic E-state index is 0.0346. The molecule has 6 nitrogen and oxygen atoms in total. The van der Waals surface area contributed by atoms with E-state index in [1.165, 1.54) is 19.2 Å². The molecule has 0 aromatic heterocycles. The van der Waals surface area contributed by atoms with Gasteiger partial charge in [0.1, 0.15) is 4.90 Å². The Kier molecular flexibility index (Phi) is 5.31. The van der Waals surface area contributed by atoms with E-state index in [0.29, 0.717) is 6.42 Å². The van der Waals surface area contributed by atoms with Gasteiger partial charge in [-0.1, -0.05) is 19.1 Å². The maximum absolute atomic E-state index is 12.5. The molecule has 0 fully saturated rings. The maximum atomic E-state index is 12.5. The first-order chi connectivity index (χ1) is 8.93. The minimum Gasteiger partial charge on any atom is -0.398 e. The van der Waals surface area contributed by atoms with Gasteiger partial charge in [0.25, 0.3) is 0 Å². The van der Waals surface area contributed by atoms with Crippen LogP contribution in [0.15, 0.2) is 29.2 Å². The number of nitrogen functional groups attached to an aromatic ring is 1. The van der Waals surface area contributed by atoms with Gasteiger partial charge in [0.05, 0.1) is 12.2 Å². The van der Waals surface area contributed by atoms with Gasteiger partial charge in [-0.2, -0.15) is 4.31 Å². The Balaban J connectivity index is 3.13. The first-order valence-electron chi connectivity index (χ1n) is 5.98. The first-order valence-corrected chi connectivity index (χ1v) is 7.42. The third-order valence-corrected chi connectivity index (χ3v) is 4.53. The molecule has 0 aliphatic heterocycles. The smallest absolute Gasteiger partial charge is 0.245 e. The van der Waals surface area contributed by atoms with Crippen molar-refractivity contribution in [3.05, 3.63) is 24.3 Å². The van der Waals surface area contributed by atoms with Crippen LogP contribution in [0, 0.1) is 0 Å². The van der Waals surface area contributed by atoms with Gasteiger partial charge >= 0.3 is 0 Å². The Hall–Kier alpha value is -1.60. The van der Waals surface area contributed by atoms with E-state index in [1.807, 2.05) is 6.92 Å². The number of rotatable bonds is 6. The zero-order chi connectivity index (χ0) is 14.5. The zero-order valence-corrected chi connectivity index (χ0v) is 11.9. The zero-order valence-electron chi connectivity index (χ0n) is 11.1. The Morgan fingerprint density at radius 1 is 1.37 bits per heavy atom. The fourth-order valence-corrected chi connectivity index (χ4v) is 3.23. The van der Waals surface area contributed by atoms with E-state index in [1.54, 1.807) is 12.1 Å². The van der Waals surface area contributed by atoms with Crippen molar-refractivity contribution in [1.29, 1.82) is 0 Å². The van der Waals surface area contributed by atoms with Crippen molar-refractivity contribution >= 4 is 21.6 Å². The predicted molar refractivity (Wildman–Crippen MR) is 74.0 cm³/mol. The van der Waals surface area contributed by atoms with Crippen LogP contribution >= 0.6 is 0 Å². The van der Waals surface area contributed by atoms with Gasteiger partial charge in [-0.05, 0) is 18.6 Å². The highest BCUT2D eigenvalue weighted by Gasteiger charge is 2.27. The van der Waals surface area contributed by atoms with Crippen molar-refractivity contribution in [3.63, 3.8) is 0 Å². The summed E-state index contributed by atoms with van der Waals surface area (Å²) in [7, 11) is -2.28. The number of nitrogens with one attached hydrogen (secondary N) is 1. The fourth-order valence-electron chi connectivity index (χ4n) is 1.63. The number of para-hydroxylation sites is 1. The first kappa shape index (κ1) is 15.5. The SMILES string of the molecule is CCCN(CC(=O)NC)S(=O)(=O)c1ccccc1N. The van der Waals surface area contributed by atoms with Crippen LogP contribution in [0.1, 0.15) is 13.3 Å². The number of benzene rings is 1. The number of hydrogen-bond donors (Lipinski definition) is 2. The highest BCUT2D eigenvalue weighted by atomic mass is 32.2. The molecule has 1 amide bonds. The number of sulfonamides is 1. The number of nitrogens with zero attached hydrogens (tertiary/aromatic N) is 1. The van der Waals surface area contributed by atoms with Crippen LogP contribution < -0.4 is 11.1 Å². The second kappa shape index (κ2) is 6.53. The van der Waals surface area contributed by atoms with Crippen LogP contribution in [0.2, 0.25) is 0 Å². The highest BCUT2D eigenvalue weighted by molar-refractivity contribution is 7.89. The highest BCUT2D eigenvalue weighted by Crippen LogP contribution is 2.21. The molecule has 0 radical (unpaired) electrons. The number of amides is 1. The summed E-state index contributed by atoms with van der Waals surface area (Å²) in [5.41, 5.74) is 5.88. The third kappa shape index (κ3) is 3.68. The molecule has 7 heteroatoms. The molecule has 0 spiro atoms. The van der Waals surface area contributed by atoms with Crippen molar-refractivity contribution < 1.29 is 13.2 Å². The lowest BCUT2D eigenvalue weighted by molar-refractivity contribution is -0.120. The van der Waals surface area contributed by atoms with E-state index in [2.05, 4.69) is 5.32 Å². The summed E-state index contributed by atoms with van der Waals surface area (Å²) in [4.78, 5) is 11.4. The summed E-state index contributed by atoms with van der Waals surface area (Å²) in [6.07, 6.45) is 0.614. The molecule has 1 aromatic rings. The van der Waals surface area contributed by atoms with Crippen molar-refractivity contribution in [2.75, 3.05) is 25.9 Å². The Labute approximate surface area is 113 Å². The molecule has 1 rings (SSSR count). The van der Waals surface area contributed by atoms with E-state index < -0.39 is 10.0 Å². The summed E-state index contributed by atoms with van der Waals surface area (Å²) in [6.45, 7) is 1.91.